The predicted molar refractivity (Wildman–Crippen MR) is 105 cm³/mol. The van der Waals surface area contributed by atoms with E-state index in [1.165, 1.54) is 0 Å². The number of anilines is 1. The number of thiocarbonyl (C=S) groups is 1. The van der Waals surface area contributed by atoms with Crippen molar-refractivity contribution in [3.8, 4) is 0 Å². The molecule has 128 valence electrons. The molecular formula is C18H20N6S. The molecule has 1 aliphatic rings. The van der Waals surface area contributed by atoms with Gasteiger partial charge in [0.15, 0.2) is 5.11 Å². The summed E-state index contributed by atoms with van der Waals surface area (Å²) in [6, 6.07) is 10.1. The Balaban J connectivity index is 1.62. The van der Waals surface area contributed by atoms with Crippen LogP contribution < -0.4 is 10.9 Å². The van der Waals surface area contributed by atoms with E-state index < -0.39 is 0 Å². The number of nitrogens with zero attached hydrogens (tertiary/aromatic N) is 4. The van der Waals surface area contributed by atoms with Gasteiger partial charge in [0.1, 0.15) is 5.69 Å². The van der Waals surface area contributed by atoms with Gasteiger partial charge in [-0.1, -0.05) is 12.1 Å². The van der Waals surface area contributed by atoms with Gasteiger partial charge in [-0.25, -0.2) is 0 Å². The lowest BCUT2D eigenvalue weighted by Crippen LogP contribution is -2.51. The van der Waals surface area contributed by atoms with E-state index in [1.807, 2.05) is 12.1 Å². The molecule has 6 nitrogen and oxygen atoms in total. The molecule has 1 saturated heterocycles. The van der Waals surface area contributed by atoms with E-state index in [0.29, 0.717) is 5.11 Å². The third-order valence-electron chi connectivity index (χ3n) is 4.55. The number of piperazine rings is 1. The van der Waals surface area contributed by atoms with E-state index in [9.17, 15) is 0 Å². The van der Waals surface area contributed by atoms with Gasteiger partial charge >= 0.3 is 0 Å². The Morgan fingerprint density at radius 1 is 1.00 bits per heavy atom. The highest BCUT2D eigenvalue weighted by Crippen LogP contribution is 2.29. The Hall–Kier alpha value is -2.51. The van der Waals surface area contributed by atoms with Crippen LogP contribution in [0.5, 0.6) is 0 Å². The highest BCUT2D eigenvalue weighted by atomic mass is 32.1. The van der Waals surface area contributed by atoms with Crippen LogP contribution in [0.2, 0.25) is 0 Å². The minimum absolute atomic E-state index is 0.699. The van der Waals surface area contributed by atoms with Crippen LogP contribution in [0, 0.1) is 0 Å². The number of rotatable bonds is 2. The normalized spacial score (nSPS) is 15.5. The Morgan fingerprint density at radius 3 is 2.20 bits per heavy atom. The van der Waals surface area contributed by atoms with Gasteiger partial charge in [0, 0.05) is 49.3 Å². The quantitative estimate of drug-likeness (QED) is 0.417. The average Bonchev–Trinajstić information content (AvgIpc) is 2.65. The number of nitrogens with one attached hydrogen (secondary N) is 2. The Kier molecular flexibility index (Phi) is 4.33. The lowest BCUT2D eigenvalue weighted by Gasteiger charge is -2.34. The fraction of sp³-hybridized carbons (Fsp3) is 0.278. The van der Waals surface area contributed by atoms with Crippen LogP contribution in [0.4, 0.5) is 5.69 Å². The number of hydrogen-bond acceptors (Lipinski definition) is 5. The van der Waals surface area contributed by atoms with Crippen molar-refractivity contribution >= 4 is 44.8 Å². The number of likely N-dealkylation sites (N-methyl/N-ethyl adjacent to an activating group) is 1. The van der Waals surface area contributed by atoms with E-state index in [2.05, 4.69) is 55.9 Å². The summed E-state index contributed by atoms with van der Waals surface area (Å²) in [5, 5.41) is 2.83. The zero-order valence-corrected chi connectivity index (χ0v) is 14.9. The number of pyridine rings is 2. The standard InChI is InChI=1S/C18H20N6S/c1-23-8-10-24(11-9-23)18(25)22-21-17-15-13(4-2-6-19-15)12-14-5-3-7-20-16(14)17/h2-7,12,21H,8-11H2,1H3,(H,22,25). The number of fused-ring (bicyclic) bond motifs is 2. The van der Waals surface area contributed by atoms with E-state index in [4.69, 9.17) is 12.2 Å². The van der Waals surface area contributed by atoms with Crippen molar-refractivity contribution in [3.63, 3.8) is 0 Å². The molecule has 0 atom stereocenters. The summed E-state index contributed by atoms with van der Waals surface area (Å²) in [7, 11) is 2.13. The first kappa shape index (κ1) is 16.0. The average molecular weight is 352 g/mol. The summed E-state index contributed by atoms with van der Waals surface area (Å²) in [5.41, 5.74) is 9.05. The van der Waals surface area contributed by atoms with Crippen LogP contribution in [0.25, 0.3) is 21.8 Å². The first-order valence-corrected chi connectivity index (χ1v) is 8.75. The molecule has 1 aromatic carbocycles. The first-order chi connectivity index (χ1) is 12.2. The maximum Gasteiger partial charge on any atom is 0.187 e. The van der Waals surface area contributed by atoms with Gasteiger partial charge in [-0.15, -0.1) is 0 Å². The van der Waals surface area contributed by atoms with Crippen LogP contribution in [0.15, 0.2) is 42.7 Å². The van der Waals surface area contributed by atoms with Gasteiger partial charge in [0.25, 0.3) is 0 Å². The van der Waals surface area contributed by atoms with Crippen molar-refractivity contribution in [2.75, 3.05) is 38.7 Å². The molecule has 2 aromatic heterocycles. The Bertz CT molecular complexity index is 866. The molecule has 0 saturated carbocycles. The number of aromatic nitrogens is 2. The molecule has 0 unspecified atom stereocenters. The van der Waals surface area contributed by atoms with Crippen molar-refractivity contribution in [2.45, 2.75) is 0 Å². The molecule has 0 amide bonds. The molecule has 1 aliphatic heterocycles. The van der Waals surface area contributed by atoms with Crippen LogP contribution >= 0.6 is 12.2 Å². The van der Waals surface area contributed by atoms with Crippen LogP contribution in [-0.4, -0.2) is 58.1 Å². The van der Waals surface area contributed by atoms with Crippen molar-refractivity contribution in [3.05, 3.63) is 42.7 Å². The minimum atomic E-state index is 0.699. The zero-order chi connectivity index (χ0) is 17.2. The maximum atomic E-state index is 5.55. The molecule has 25 heavy (non-hydrogen) atoms. The second-order valence-electron chi connectivity index (χ2n) is 6.25. The van der Waals surface area contributed by atoms with Gasteiger partial charge in [0.2, 0.25) is 0 Å². The molecule has 3 aromatic rings. The molecule has 0 bridgehead atoms. The van der Waals surface area contributed by atoms with E-state index in [0.717, 1.165) is 53.7 Å². The molecule has 7 heteroatoms. The van der Waals surface area contributed by atoms with Crippen molar-refractivity contribution in [2.24, 2.45) is 0 Å². The maximum absolute atomic E-state index is 5.55. The zero-order valence-electron chi connectivity index (χ0n) is 14.1. The van der Waals surface area contributed by atoms with Gasteiger partial charge in [-0.2, -0.15) is 0 Å². The monoisotopic (exact) mass is 352 g/mol. The van der Waals surface area contributed by atoms with Crippen LogP contribution in [-0.2, 0) is 0 Å². The van der Waals surface area contributed by atoms with Gasteiger partial charge in [-0.05, 0) is 37.5 Å². The van der Waals surface area contributed by atoms with Gasteiger partial charge in [-0.3, -0.25) is 20.8 Å². The molecule has 0 aliphatic carbocycles. The molecule has 1 fully saturated rings. The lowest BCUT2D eigenvalue weighted by atomic mass is 10.1. The lowest BCUT2D eigenvalue weighted by molar-refractivity contribution is 0.214. The molecule has 3 heterocycles. The summed E-state index contributed by atoms with van der Waals surface area (Å²) < 4.78 is 0. The summed E-state index contributed by atoms with van der Waals surface area (Å²) in [5.74, 6) is 0. The number of benzene rings is 1. The van der Waals surface area contributed by atoms with Crippen LogP contribution in [0.3, 0.4) is 0 Å². The minimum Gasteiger partial charge on any atom is -0.345 e. The van der Waals surface area contributed by atoms with E-state index in [-0.39, 0.29) is 0 Å². The smallest absolute Gasteiger partial charge is 0.187 e. The summed E-state index contributed by atoms with van der Waals surface area (Å²) in [6.45, 7) is 3.89. The van der Waals surface area contributed by atoms with Crippen molar-refractivity contribution < 1.29 is 0 Å². The summed E-state index contributed by atoms with van der Waals surface area (Å²) in [6.07, 6.45) is 3.59. The highest BCUT2D eigenvalue weighted by Gasteiger charge is 2.17. The van der Waals surface area contributed by atoms with Crippen molar-refractivity contribution in [1.29, 1.82) is 0 Å². The molecule has 2 N–H and O–H groups in total. The summed E-state index contributed by atoms with van der Waals surface area (Å²) in [4.78, 5) is 13.5. The topological polar surface area (TPSA) is 56.3 Å². The molecule has 0 spiro atoms. The second-order valence-corrected chi connectivity index (χ2v) is 6.63. The van der Waals surface area contributed by atoms with E-state index >= 15 is 0 Å². The van der Waals surface area contributed by atoms with E-state index in [1.54, 1.807) is 12.4 Å². The Morgan fingerprint density at radius 2 is 1.60 bits per heavy atom. The number of hydrazine groups is 1. The van der Waals surface area contributed by atoms with Gasteiger partial charge in [0.05, 0.1) is 11.0 Å². The Labute approximate surface area is 151 Å². The predicted octanol–water partition coefficient (Wildman–Crippen LogP) is 2.23. The molecular weight excluding hydrogens is 332 g/mol. The molecule has 4 rings (SSSR count). The molecule has 0 radical (unpaired) electrons. The largest absolute Gasteiger partial charge is 0.345 e. The SMILES string of the molecule is CN1CCN(C(=S)NNc2c3ncccc3cc3cccnc23)CC1. The fourth-order valence-electron chi connectivity index (χ4n) is 3.09. The van der Waals surface area contributed by atoms with Crippen LogP contribution in [0.1, 0.15) is 0 Å². The third kappa shape index (κ3) is 3.20. The van der Waals surface area contributed by atoms with Crippen molar-refractivity contribution in [1.82, 2.24) is 25.2 Å². The summed E-state index contributed by atoms with van der Waals surface area (Å²) >= 11 is 5.55. The highest BCUT2D eigenvalue weighted by molar-refractivity contribution is 7.80. The fourth-order valence-corrected chi connectivity index (χ4v) is 3.32. The van der Waals surface area contributed by atoms with Gasteiger partial charge < -0.3 is 9.80 Å². The first-order valence-electron chi connectivity index (χ1n) is 8.34. The second kappa shape index (κ2) is 6.78. The third-order valence-corrected chi connectivity index (χ3v) is 4.91. The number of hydrogen-bond donors (Lipinski definition) is 2.